The lowest BCUT2D eigenvalue weighted by molar-refractivity contribution is -0.118. The fourth-order valence-electron chi connectivity index (χ4n) is 2.69. The van der Waals surface area contributed by atoms with Gasteiger partial charge in [0.25, 0.3) is 0 Å². The number of nitrogen functional groups attached to an aromatic ring is 1. The molecule has 0 unspecified atom stereocenters. The van der Waals surface area contributed by atoms with Gasteiger partial charge in [0.15, 0.2) is 17.0 Å². The first-order valence-corrected chi connectivity index (χ1v) is 12.0. The molecule has 0 aliphatic heterocycles. The summed E-state index contributed by atoms with van der Waals surface area (Å²) in [5.41, 5.74) is 6.90. The predicted molar refractivity (Wildman–Crippen MR) is 123 cm³/mol. The molecule has 5 N–H and O–H groups in total. The Kier molecular flexibility index (Phi) is 9.02. The van der Waals surface area contributed by atoms with Gasteiger partial charge in [-0.3, -0.25) is 14.2 Å². The first kappa shape index (κ1) is 25.6. The predicted octanol–water partition coefficient (Wildman–Crippen LogP) is 1.31. The molecule has 12 nitrogen and oxygen atoms in total. The van der Waals surface area contributed by atoms with Crippen molar-refractivity contribution in [3.63, 3.8) is 0 Å². The van der Waals surface area contributed by atoms with Gasteiger partial charge in [-0.05, 0) is 27.7 Å². The molecule has 0 aromatic carbocycles. The van der Waals surface area contributed by atoms with Gasteiger partial charge in [0, 0.05) is 13.1 Å². The van der Waals surface area contributed by atoms with E-state index in [1.165, 1.54) is 13.8 Å². The molecule has 2 atom stereocenters. The zero-order valence-corrected chi connectivity index (χ0v) is 19.7. The van der Waals surface area contributed by atoms with Crippen molar-refractivity contribution in [2.75, 3.05) is 30.6 Å². The summed E-state index contributed by atoms with van der Waals surface area (Å²) in [5.74, 6) is 0.249. The number of hydrogen-bond donors (Lipinski definition) is 4. The van der Waals surface area contributed by atoms with Crippen molar-refractivity contribution >= 4 is 41.9 Å². The molecule has 0 aliphatic carbocycles. The van der Waals surface area contributed by atoms with Crippen LogP contribution in [0.15, 0.2) is 19.0 Å². The van der Waals surface area contributed by atoms with Crippen molar-refractivity contribution < 1.29 is 18.9 Å². The minimum atomic E-state index is -3.38. The summed E-state index contributed by atoms with van der Waals surface area (Å²) in [7, 11) is -3.38. The van der Waals surface area contributed by atoms with Crippen molar-refractivity contribution in [2.24, 2.45) is 0 Å². The second-order valence-corrected chi connectivity index (χ2v) is 9.66. The Bertz CT molecular complexity index is 998. The highest BCUT2D eigenvalue weighted by Gasteiger charge is 2.29. The molecule has 0 spiro atoms. The third-order valence-electron chi connectivity index (χ3n) is 4.67. The zero-order valence-electron chi connectivity index (χ0n) is 18.8. The Hall–Kier alpha value is -2.66. The monoisotopic (exact) mass is 466 g/mol. The topological polar surface area (TPSA) is 166 Å². The number of hydrogen-bond acceptors (Lipinski definition) is 9. The Morgan fingerprint density at radius 3 is 2.44 bits per heavy atom. The van der Waals surface area contributed by atoms with E-state index in [2.05, 4.69) is 37.0 Å². The minimum Gasteiger partial charge on any atom is -0.369 e. The summed E-state index contributed by atoms with van der Waals surface area (Å²) in [5, 5.41) is 8.63. The maximum atomic E-state index is 13.3. The molecule has 0 saturated carbocycles. The van der Waals surface area contributed by atoms with Crippen LogP contribution in [0.1, 0.15) is 27.7 Å². The van der Waals surface area contributed by atoms with E-state index in [1.807, 2.05) is 0 Å². The minimum absolute atomic E-state index is 0.0982. The Labute approximate surface area is 186 Å². The molecule has 32 heavy (non-hydrogen) atoms. The summed E-state index contributed by atoms with van der Waals surface area (Å²) in [4.78, 5) is 35.9. The highest BCUT2D eigenvalue weighted by Crippen LogP contribution is 2.37. The molecule has 2 heterocycles. The smallest absolute Gasteiger partial charge is 0.237 e. The van der Waals surface area contributed by atoms with Crippen molar-refractivity contribution in [1.82, 2.24) is 29.7 Å². The number of nitrogens with zero attached hydrogens (tertiary/aromatic N) is 4. The zero-order chi connectivity index (χ0) is 23.9. The number of ketones is 2. The third kappa shape index (κ3) is 6.92. The van der Waals surface area contributed by atoms with E-state index in [0.717, 1.165) is 0 Å². The van der Waals surface area contributed by atoms with E-state index in [-0.39, 0.29) is 30.5 Å². The van der Waals surface area contributed by atoms with E-state index in [1.54, 1.807) is 30.8 Å². The quantitative estimate of drug-likeness (QED) is 0.180. The van der Waals surface area contributed by atoms with Crippen LogP contribution in [-0.4, -0.2) is 62.7 Å². The van der Waals surface area contributed by atoms with Crippen LogP contribution in [0, 0.1) is 0 Å². The number of aromatic nitrogens is 4. The standard InChI is InChI=1S/C19H31N8O4P/c1-6-7-21-17-16-18(24-19(20)23-17)27(10-22-16)8-9-31-11-32(30,25-12(2)14(4)28)26-13(3)15(5)29/h6,10,12-13H,1,7-9,11H2,2-5H3,(H2,25,26,30)(H3,20,21,23,24)/t12-,13-/m0/s1. The number of carbonyl (C=O) groups excluding carboxylic acids is 2. The Morgan fingerprint density at radius 2 is 1.88 bits per heavy atom. The van der Waals surface area contributed by atoms with E-state index >= 15 is 0 Å². The number of nitrogens with one attached hydrogen (secondary N) is 3. The summed E-state index contributed by atoms with van der Waals surface area (Å²) < 4.78 is 20.7. The average molecular weight is 466 g/mol. The number of nitrogens with two attached hydrogens (primary N) is 1. The van der Waals surface area contributed by atoms with E-state index in [4.69, 9.17) is 10.5 Å². The molecular weight excluding hydrogens is 435 g/mol. The molecule has 2 aromatic rings. The number of carbonyl (C=O) groups is 2. The van der Waals surface area contributed by atoms with Gasteiger partial charge in [0.05, 0.1) is 25.0 Å². The molecule has 176 valence electrons. The highest BCUT2D eigenvalue weighted by atomic mass is 31.2. The second kappa shape index (κ2) is 11.3. The molecule has 0 bridgehead atoms. The second-order valence-electron chi connectivity index (χ2n) is 7.41. The number of fused-ring (bicyclic) bond motifs is 1. The Morgan fingerprint density at radius 1 is 1.25 bits per heavy atom. The van der Waals surface area contributed by atoms with Crippen LogP contribution < -0.4 is 21.2 Å². The summed E-state index contributed by atoms with van der Waals surface area (Å²) in [6.45, 7) is 10.7. The number of imidazole rings is 1. The molecule has 0 fully saturated rings. The molecule has 0 aliphatic rings. The van der Waals surface area contributed by atoms with Crippen molar-refractivity contribution in [3.05, 3.63) is 19.0 Å². The molecule has 0 amide bonds. The van der Waals surface area contributed by atoms with Crippen LogP contribution in [0.5, 0.6) is 0 Å². The van der Waals surface area contributed by atoms with Gasteiger partial charge in [-0.1, -0.05) is 6.08 Å². The highest BCUT2D eigenvalue weighted by molar-refractivity contribution is 7.59. The largest absolute Gasteiger partial charge is 0.369 e. The van der Waals surface area contributed by atoms with Crippen LogP contribution in [0.25, 0.3) is 11.2 Å². The van der Waals surface area contributed by atoms with Gasteiger partial charge in [-0.15, -0.1) is 6.58 Å². The van der Waals surface area contributed by atoms with Crippen molar-refractivity contribution in [2.45, 2.75) is 46.3 Å². The Balaban J connectivity index is 2.07. The van der Waals surface area contributed by atoms with Crippen LogP contribution in [-0.2, 0) is 25.4 Å². The van der Waals surface area contributed by atoms with Gasteiger partial charge in [-0.25, -0.2) is 15.2 Å². The maximum absolute atomic E-state index is 13.3. The molecular formula is C19H31N8O4P. The first-order chi connectivity index (χ1) is 15.1. The van der Waals surface area contributed by atoms with Gasteiger partial charge in [0.2, 0.25) is 13.4 Å². The lowest BCUT2D eigenvalue weighted by Crippen LogP contribution is -2.40. The lowest BCUT2D eigenvalue weighted by atomic mass is 10.3. The van der Waals surface area contributed by atoms with E-state index in [0.29, 0.717) is 30.1 Å². The molecule has 0 saturated heterocycles. The molecule has 13 heteroatoms. The number of Topliss-reactive ketones (excluding diaryl/α,β-unsaturated/α-hetero) is 2. The van der Waals surface area contributed by atoms with Gasteiger partial charge in [-0.2, -0.15) is 9.97 Å². The van der Waals surface area contributed by atoms with Crippen LogP contribution in [0.2, 0.25) is 0 Å². The van der Waals surface area contributed by atoms with E-state index in [9.17, 15) is 14.2 Å². The molecule has 2 rings (SSSR count). The summed E-state index contributed by atoms with van der Waals surface area (Å²) >= 11 is 0. The van der Waals surface area contributed by atoms with Gasteiger partial charge < -0.3 is 20.4 Å². The summed E-state index contributed by atoms with van der Waals surface area (Å²) in [6.07, 6.45) is 3.07. The fraction of sp³-hybridized carbons (Fsp3) is 0.526. The lowest BCUT2D eigenvalue weighted by Gasteiger charge is -2.26. The van der Waals surface area contributed by atoms with Crippen molar-refractivity contribution in [3.8, 4) is 0 Å². The normalized spacial score (nSPS) is 13.6. The van der Waals surface area contributed by atoms with Crippen molar-refractivity contribution in [1.29, 1.82) is 0 Å². The maximum Gasteiger partial charge on any atom is 0.237 e. The van der Waals surface area contributed by atoms with Gasteiger partial charge >= 0.3 is 0 Å². The van der Waals surface area contributed by atoms with Gasteiger partial charge in [0.1, 0.15) is 17.9 Å². The van der Waals surface area contributed by atoms with Crippen LogP contribution in [0.3, 0.4) is 0 Å². The fourth-order valence-corrected chi connectivity index (χ4v) is 4.92. The number of anilines is 2. The van der Waals surface area contributed by atoms with Crippen LogP contribution >= 0.6 is 7.44 Å². The number of rotatable bonds is 14. The SMILES string of the molecule is C=CCNc1nc(N)nc2c1ncn2CCOCP(=O)(N[C@@H](C)C(C)=O)N[C@@H](C)C(C)=O. The number of ether oxygens (including phenoxy) is 1. The third-order valence-corrected chi connectivity index (χ3v) is 6.82. The molecule has 2 aromatic heterocycles. The average Bonchev–Trinajstić information content (AvgIpc) is 3.11. The van der Waals surface area contributed by atoms with Crippen LogP contribution in [0.4, 0.5) is 11.8 Å². The first-order valence-electron chi connectivity index (χ1n) is 10.1. The molecule has 0 radical (unpaired) electrons. The summed E-state index contributed by atoms with van der Waals surface area (Å²) in [6, 6.07) is -1.32. The van der Waals surface area contributed by atoms with E-state index < -0.39 is 19.5 Å².